The highest BCUT2D eigenvalue weighted by Crippen LogP contribution is 2.27. The Morgan fingerprint density at radius 2 is 2.28 bits per heavy atom. The van der Waals surface area contributed by atoms with E-state index in [-0.39, 0.29) is 23.4 Å². The molecule has 94 valence electrons. The van der Waals surface area contributed by atoms with Crippen molar-refractivity contribution in [3.05, 3.63) is 33.9 Å². The Bertz CT molecular complexity index is 510. The van der Waals surface area contributed by atoms with Crippen molar-refractivity contribution in [3.63, 3.8) is 0 Å². The quantitative estimate of drug-likeness (QED) is 0.647. The Kier molecular flexibility index (Phi) is 3.44. The van der Waals surface area contributed by atoms with Gasteiger partial charge in [-0.1, -0.05) is 0 Å². The van der Waals surface area contributed by atoms with E-state index in [2.05, 4.69) is 0 Å². The molecule has 0 saturated heterocycles. The smallest absolute Gasteiger partial charge is 0.287 e. The Balaban J connectivity index is 2.20. The standard InChI is InChI=1S/C12H13N3O3/c13-7-8-6-9(4-5-11(8)15(16)17)18-12-3-1-2-10(12)14/h4-6,10,12H,1-3,14H2. The van der Waals surface area contributed by atoms with Gasteiger partial charge in [0, 0.05) is 18.2 Å². The van der Waals surface area contributed by atoms with Gasteiger partial charge in [0.25, 0.3) is 5.69 Å². The number of benzene rings is 1. The van der Waals surface area contributed by atoms with E-state index in [0.717, 1.165) is 19.3 Å². The lowest BCUT2D eigenvalue weighted by molar-refractivity contribution is -0.385. The molecule has 6 nitrogen and oxygen atoms in total. The van der Waals surface area contributed by atoms with Crippen LogP contribution in [0.4, 0.5) is 5.69 Å². The van der Waals surface area contributed by atoms with Gasteiger partial charge in [-0.3, -0.25) is 10.1 Å². The third-order valence-corrected chi connectivity index (χ3v) is 3.08. The Labute approximate surface area is 104 Å². The summed E-state index contributed by atoms with van der Waals surface area (Å²) in [5.74, 6) is 0.458. The van der Waals surface area contributed by atoms with Crippen molar-refractivity contribution < 1.29 is 9.66 Å². The van der Waals surface area contributed by atoms with E-state index in [0.29, 0.717) is 5.75 Å². The Morgan fingerprint density at radius 3 is 2.83 bits per heavy atom. The number of rotatable bonds is 3. The second kappa shape index (κ2) is 5.02. The topological polar surface area (TPSA) is 102 Å². The molecule has 0 spiro atoms. The number of nitrogens with zero attached hydrogens (tertiary/aromatic N) is 2. The van der Waals surface area contributed by atoms with Gasteiger partial charge in [0.2, 0.25) is 0 Å². The van der Waals surface area contributed by atoms with Crippen molar-refractivity contribution in [2.24, 2.45) is 5.73 Å². The fraction of sp³-hybridized carbons (Fsp3) is 0.417. The lowest BCUT2D eigenvalue weighted by Crippen LogP contribution is -2.33. The molecule has 1 aromatic rings. The van der Waals surface area contributed by atoms with E-state index in [1.165, 1.54) is 18.2 Å². The normalized spacial score (nSPS) is 22.4. The van der Waals surface area contributed by atoms with Gasteiger partial charge in [0.15, 0.2) is 0 Å². The molecule has 2 N–H and O–H groups in total. The zero-order valence-electron chi connectivity index (χ0n) is 9.70. The molecular weight excluding hydrogens is 234 g/mol. The maximum atomic E-state index is 10.7. The van der Waals surface area contributed by atoms with E-state index in [1.807, 2.05) is 0 Å². The third-order valence-electron chi connectivity index (χ3n) is 3.08. The molecule has 0 heterocycles. The van der Waals surface area contributed by atoms with Gasteiger partial charge in [0.1, 0.15) is 23.5 Å². The van der Waals surface area contributed by atoms with Gasteiger partial charge in [-0.05, 0) is 25.3 Å². The molecule has 6 heteroatoms. The number of hydrogen-bond donors (Lipinski definition) is 1. The molecule has 0 radical (unpaired) electrons. The lowest BCUT2D eigenvalue weighted by atomic mass is 10.2. The highest BCUT2D eigenvalue weighted by atomic mass is 16.6. The summed E-state index contributed by atoms with van der Waals surface area (Å²) in [4.78, 5) is 10.1. The fourth-order valence-electron chi connectivity index (χ4n) is 2.11. The molecule has 0 aliphatic heterocycles. The molecule has 2 unspecified atom stereocenters. The molecule has 18 heavy (non-hydrogen) atoms. The Hall–Kier alpha value is -2.13. The summed E-state index contributed by atoms with van der Waals surface area (Å²) in [7, 11) is 0. The van der Waals surface area contributed by atoms with E-state index >= 15 is 0 Å². The highest BCUT2D eigenvalue weighted by Gasteiger charge is 2.26. The van der Waals surface area contributed by atoms with E-state index in [1.54, 1.807) is 6.07 Å². The van der Waals surface area contributed by atoms with E-state index < -0.39 is 4.92 Å². The van der Waals surface area contributed by atoms with Crippen LogP contribution in [-0.2, 0) is 0 Å². The summed E-state index contributed by atoms with van der Waals surface area (Å²) in [5.41, 5.74) is 5.67. The van der Waals surface area contributed by atoms with Crippen LogP contribution in [0.3, 0.4) is 0 Å². The lowest BCUT2D eigenvalue weighted by Gasteiger charge is -2.17. The van der Waals surface area contributed by atoms with Gasteiger partial charge >= 0.3 is 0 Å². The summed E-state index contributed by atoms with van der Waals surface area (Å²) in [6, 6.07) is 5.97. The minimum absolute atomic E-state index is 0.00377. The maximum absolute atomic E-state index is 10.7. The zero-order chi connectivity index (χ0) is 13.1. The van der Waals surface area contributed by atoms with Crippen LogP contribution < -0.4 is 10.5 Å². The number of nitro benzene ring substituents is 1. The summed E-state index contributed by atoms with van der Waals surface area (Å²) in [5, 5.41) is 19.6. The van der Waals surface area contributed by atoms with Gasteiger partial charge in [-0.25, -0.2) is 0 Å². The van der Waals surface area contributed by atoms with Gasteiger partial charge in [-0.2, -0.15) is 5.26 Å². The zero-order valence-corrected chi connectivity index (χ0v) is 9.70. The van der Waals surface area contributed by atoms with Crippen molar-refractivity contribution in [2.45, 2.75) is 31.4 Å². The number of nitro groups is 1. The predicted octanol–water partition coefficient (Wildman–Crippen LogP) is 1.73. The second-order valence-corrected chi connectivity index (χ2v) is 4.30. The molecule has 1 aliphatic rings. The molecule has 2 atom stereocenters. The molecule has 0 aromatic heterocycles. The largest absolute Gasteiger partial charge is 0.489 e. The SMILES string of the molecule is N#Cc1cc(OC2CCCC2N)ccc1[N+](=O)[O-]. The maximum Gasteiger partial charge on any atom is 0.287 e. The average Bonchev–Trinajstić information content (AvgIpc) is 2.74. The van der Waals surface area contributed by atoms with Crippen LogP contribution in [0.5, 0.6) is 5.75 Å². The van der Waals surface area contributed by atoms with Crippen LogP contribution in [0, 0.1) is 21.4 Å². The fourth-order valence-corrected chi connectivity index (χ4v) is 2.11. The predicted molar refractivity (Wildman–Crippen MR) is 64.1 cm³/mol. The highest BCUT2D eigenvalue weighted by molar-refractivity contribution is 5.52. The van der Waals surface area contributed by atoms with Crippen LogP contribution in [0.2, 0.25) is 0 Å². The third kappa shape index (κ3) is 2.41. The van der Waals surface area contributed by atoms with Crippen LogP contribution in [-0.4, -0.2) is 17.1 Å². The summed E-state index contributed by atoms with van der Waals surface area (Å²) in [6.45, 7) is 0. The summed E-state index contributed by atoms with van der Waals surface area (Å²) >= 11 is 0. The van der Waals surface area contributed by atoms with E-state index in [4.69, 9.17) is 15.7 Å². The molecule has 0 amide bonds. The molecule has 1 saturated carbocycles. The number of hydrogen-bond acceptors (Lipinski definition) is 5. The van der Waals surface area contributed by atoms with Crippen molar-refractivity contribution in [1.29, 1.82) is 5.26 Å². The number of nitrogens with two attached hydrogens (primary N) is 1. The molecule has 1 fully saturated rings. The summed E-state index contributed by atoms with van der Waals surface area (Å²) in [6.07, 6.45) is 2.74. The Morgan fingerprint density at radius 1 is 1.50 bits per heavy atom. The number of ether oxygens (including phenoxy) is 1. The molecule has 1 aliphatic carbocycles. The summed E-state index contributed by atoms with van der Waals surface area (Å²) < 4.78 is 5.67. The van der Waals surface area contributed by atoms with Crippen molar-refractivity contribution in [1.82, 2.24) is 0 Å². The van der Waals surface area contributed by atoms with Crippen LogP contribution in [0.25, 0.3) is 0 Å². The average molecular weight is 247 g/mol. The number of nitriles is 1. The molecular formula is C12H13N3O3. The van der Waals surface area contributed by atoms with E-state index in [9.17, 15) is 10.1 Å². The van der Waals surface area contributed by atoms with Gasteiger partial charge in [-0.15, -0.1) is 0 Å². The monoisotopic (exact) mass is 247 g/mol. The van der Waals surface area contributed by atoms with Gasteiger partial charge in [0.05, 0.1) is 4.92 Å². The van der Waals surface area contributed by atoms with Crippen molar-refractivity contribution >= 4 is 5.69 Å². The first kappa shape index (κ1) is 12.3. The molecule has 1 aromatic carbocycles. The first-order valence-corrected chi connectivity index (χ1v) is 5.72. The van der Waals surface area contributed by atoms with Crippen LogP contribution in [0.15, 0.2) is 18.2 Å². The first-order chi connectivity index (χ1) is 8.61. The molecule has 2 rings (SSSR count). The van der Waals surface area contributed by atoms with Crippen LogP contribution in [0.1, 0.15) is 24.8 Å². The van der Waals surface area contributed by atoms with Crippen molar-refractivity contribution in [2.75, 3.05) is 0 Å². The first-order valence-electron chi connectivity index (χ1n) is 5.72. The van der Waals surface area contributed by atoms with Crippen LogP contribution >= 0.6 is 0 Å². The minimum atomic E-state index is -0.580. The second-order valence-electron chi connectivity index (χ2n) is 4.30. The van der Waals surface area contributed by atoms with Gasteiger partial charge < -0.3 is 10.5 Å². The molecule has 0 bridgehead atoms. The minimum Gasteiger partial charge on any atom is -0.489 e. The van der Waals surface area contributed by atoms with Crippen molar-refractivity contribution in [3.8, 4) is 11.8 Å².